The molecule has 0 aliphatic carbocycles. The number of aromatic nitrogens is 3. The minimum Gasteiger partial charge on any atom is -0.366 e. The van der Waals surface area contributed by atoms with E-state index in [1.165, 1.54) is 16.7 Å². The van der Waals surface area contributed by atoms with Gasteiger partial charge in [-0.2, -0.15) is 4.98 Å². The van der Waals surface area contributed by atoms with E-state index in [4.69, 9.17) is 4.98 Å². The molecule has 2 aromatic heterocycles. The average molecular weight is 448 g/mol. The Morgan fingerprint density at radius 1 is 0.794 bits per heavy atom. The highest BCUT2D eigenvalue weighted by molar-refractivity contribution is 5.73. The molecule has 5 nitrogen and oxygen atoms in total. The van der Waals surface area contributed by atoms with Crippen molar-refractivity contribution in [2.75, 3.05) is 17.2 Å². The van der Waals surface area contributed by atoms with Gasteiger partial charge in [-0.05, 0) is 59.9 Å². The van der Waals surface area contributed by atoms with Crippen LogP contribution in [-0.2, 0) is 6.54 Å². The summed E-state index contributed by atoms with van der Waals surface area (Å²) in [5, 5.41) is 6.69. The Balaban J connectivity index is 1.55. The van der Waals surface area contributed by atoms with Crippen LogP contribution in [0.4, 0.5) is 11.8 Å². The molecule has 4 aromatic rings. The fourth-order valence-corrected chi connectivity index (χ4v) is 3.75. The van der Waals surface area contributed by atoms with Gasteiger partial charge in [-0.3, -0.25) is 4.98 Å². The zero-order valence-corrected chi connectivity index (χ0v) is 19.7. The maximum absolute atomic E-state index is 4.70. The van der Waals surface area contributed by atoms with Gasteiger partial charge in [0, 0.05) is 36.6 Å². The van der Waals surface area contributed by atoms with Crippen molar-refractivity contribution in [3.05, 3.63) is 102 Å². The predicted molar refractivity (Wildman–Crippen MR) is 144 cm³/mol. The van der Waals surface area contributed by atoms with E-state index in [1.807, 2.05) is 56.5 Å². The normalized spacial score (nSPS) is 10.5. The van der Waals surface area contributed by atoms with Gasteiger partial charge in [-0.15, -0.1) is 0 Å². The van der Waals surface area contributed by atoms with E-state index in [1.54, 1.807) is 0 Å². The van der Waals surface area contributed by atoms with Crippen LogP contribution in [0.1, 0.15) is 29.3 Å². The first-order valence-electron chi connectivity index (χ1n) is 11.4. The van der Waals surface area contributed by atoms with Gasteiger partial charge in [0.05, 0.1) is 5.69 Å². The zero-order chi connectivity index (χ0) is 23.9. The van der Waals surface area contributed by atoms with Gasteiger partial charge in [0.2, 0.25) is 5.95 Å². The molecule has 5 heteroatoms. The van der Waals surface area contributed by atoms with Gasteiger partial charge in [-0.25, -0.2) is 4.98 Å². The molecule has 0 amide bonds. The summed E-state index contributed by atoms with van der Waals surface area (Å²) in [7, 11) is 0. The van der Waals surface area contributed by atoms with Crippen molar-refractivity contribution in [1.82, 2.24) is 15.0 Å². The van der Waals surface area contributed by atoms with Crippen molar-refractivity contribution >= 4 is 23.9 Å². The molecule has 0 radical (unpaired) electrons. The van der Waals surface area contributed by atoms with Crippen molar-refractivity contribution in [2.24, 2.45) is 0 Å². The molecular weight excluding hydrogens is 418 g/mol. The summed E-state index contributed by atoms with van der Waals surface area (Å²) in [4.78, 5) is 13.6. The number of nitrogens with one attached hydrogen (secondary N) is 2. The summed E-state index contributed by atoms with van der Waals surface area (Å²) in [5.74, 6) is 1.36. The lowest BCUT2D eigenvalue weighted by atomic mass is 10.0. The number of rotatable bonds is 9. The SMILES string of the molecule is C=Cc1ccc(-c2cc(NCc3ccc(-c4ccnc(C)c4)cc3)nc(NCC)n2)cc1C=C. The topological polar surface area (TPSA) is 62.7 Å². The summed E-state index contributed by atoms with van der Waals surface area (Å²) in [6.07, 6.45) is 5.51. The van der Waals surface area contributed by atoms with Gasteiger partial charge in [-0.1, -0.05) is 61.7 Å². The molecule has 4 rings (SSSR count). The molecule has 2 aromatic carbocycles. The smallest absolute Gasteiger partial charge is 0.225 e. The number of pyridine rings is 1. The van der Waals surface area contributed by atoms with Gasteiger partial charge >= 0.3 is 0 Å². The molecule has 0 spiro atoms. The quantitative estimate of drug-likeness (QED) is 0.294. The van der Waals surface area contributed by atoms with E-state index in [2.05, 4.69) is 70.2 Å². The highest BCUT2D eigenvalue weighted by atomic mass is 15.1. The third-order valence-corrected chi connectivity index (χ3v) is 5.54. The number of anilines is 2. The van der Waals surface area contributed by atoms with E-state index in [9.17, 15) is 0 Å². The molecule has 0 unspecified atom stereocenters. The van der Waals surface area contributed by atoms with Crippen molar-refractivity contribution < 1.29 is 0 Å². The second kappa shape index (κ2) is 10.6. The molecule has 0 saturated heterocycles. The molecule has 0 atom stereocenters. The van der Waals surface area contributed by atoms with Crippen molar-refractivity contribution in [2.45, 2.75) is 20.4 Å². The third kappa shape index (κ3) is 5.38. The molecule has 0 fully saturated rings. The van der Waals surface area contributed by atoms with Crippen LogP contribution >= 0.6 is 0 Å². The van der Waals surface area contributed by atoms with Crippen LogP contribution in [0.15, 0.2) is 80.0 Å². The molecule has 0 aliphatic heterocycles. The fourth-order valence-electron chi connectivity index (χ4n) is 3.75. The summed E-state index contributed by atoms with van der Waals surface area (Å²) in [5.41, 5.74) is 8.44. The van der Waals surface area contributed by atoms with Gasteiger partial charge in [0.1, 0.15) is 5.82 Å². The lowest BCUT2D eigenvalue weighted by Gasteiger charge is -2.12. The van der Waals surface area contributed by atoms with Crippen LogP contribution in [0, 0.1) is 6.92 Å². The lowest BCUT2D eigenvalue weighted by Crippen LogP contribution is -2.07. The van der Waals surface area contributed by atoms with Crippen LogP contribution in [0.3, 0.4) is 0 Å². The predicted octanol–water partition coefficient (Wildman–Crippen LogP) is 6.84. The Bertz CT molecular complexity index is 1310. The second-order valence-electron chi connectivity index (χ2n) is 7.98. The second-order valence-corrected chi connectivity index (χ2v) is 7.98. The van der Waals surface area contributed by atoms with Crippen LogP contribution in [0.2, 0.25) is 0 Å². The van der Waals surface area contributed by atoms with Crippen LogP contribution < -0.4 is 10.6 Å². The number of hydrogen-bond donors (Lipinski definition) is 2. The van der Waals surface area contributed by atoms with Crippen molar-refractivity contribution in [3.8, 4) is 22.4 Å². The van der Waals surface area contributed by atoms with Crippen LogP contribution in [0.5, 0.6) is 0 Å². The maximum Gasteiger partial charge on any atom is 0.225 e. The van der Waals surface area contributed by atoms with E-state index < -0.39 is 0 Å². The summed E-state index contributed by atoms with van der Waals surface area (Å²) < 4.78 is 0. The van der Waals surface area contributed by atoms with E-state index >= 15 is 0 Å². The number of hydrogen-bond acceptors (Lipinski definition) is 5. The highest BCUT2D eigenvalue weighted by Gasteiger charge is 2.09. The molecular formula is C29H29N5. The first kappa shape index (κ1) is 22.9. The molecule has 2 N–H and O–H groups in total. The van der Waals surface area contributed by atoms with Crippen LogP contribution in [-0.4, -0.2) is 21.5 Å². The molecule has 170 valence electrons. The zero-order valence-electron chi connectivity index (χ0n) is 19.7. The first-order chi connectivity index (χ1) is 16.6. The Kier molecular flexibility index (Phi) is 7.13. The number of benzene rings is 2. The third-order valence-electron chi connectivity index (χ3n) is 5.54. The minimum atomic E-state index is 0.596. The Morgan fingerprint density at radius 2 is 1.56 bits per heavy atom. The Labute approximate surface area is 201 Å². The molecule has 0 bridgehead atoms. The van der Waals surface area contributed by atoms with Gasteiger partial charge < -0.3 is 10.6 Å². The number of aryl methyl sites for hydroxylation is 1. The van der Waals surface area contributed by atoms with Crippen molar-refractivity contribution in [3.63, 3.8) is 0 Å². The maximum atomic E-state index is 4.70. The molecule has 0 aliphatic rings. The van der Waals surface area contributed by atoms with Crippen LogP contribution in [0.25, 0.3) is 34.5 Å². The lowest BCUT2D eigenvalue weighted by molar-refractivity contribution is 1.05. The van der Waals surface area contributed by atoms with E-state index in [-0.39, 0.29) is 0 Å². The molecule has 34 heavy (non-hydrogen) atoms. The highest BCUT2D eigenvalue weighted by Crippen LogP contribution is 2.26. The molecule has 2 heterocycles. The largest absolute Gasteiger partial charge is 0.366 e. The Hall–Kier alpha value is -4.25. The van der Waals surface area contributed by atoms with E-state index in [0.29, 0.717) is 12.5 Å². The Morgan fingerprint density at radius 3 is 2.26 bits per heavy atom. The standard InChI is InChI=1S/C29H29N5/c1-5-22-12-13-26(17-23(22)6-2)27-18-28(34-29(33-27)30-7-3)32-19-21-8-10-24(11-9-21)25-14-15-31-20(4)16-25/h5-6,8-18H,1-2,7,19H2,3-4H3,(H2,30,32,33,34). The fraction of sp³-hybridized carbons (Fsp3) is 0.138. The molecule has 0 saturated carbocycles. The van der Waals surface area contributed by atoms with Gasteiger partial charge in [0.25, 0.3) is 0 Å². The monoisotopic (exact) mass is 447 g/mol. The summed E-state index contributed by atoms with van der Waals surface area (Å²) >= 11 is 0. The van der Waals surface area contributed by atoms with Crippen molar-refractivity contribution in [1.29, 1.82) is 0 Å². The van der Waals surface area contributed by atoms with Gasteiger partial charge in [0.15, 0.2) is 0 Å². The minimum absolute atomic E-state index is 0.596. The first-order valence-corrected chi connectivity index (χ1v) is 11.4. The van der Waals surface area contributed by atoms with E-state index in [0.717, 1.165) is 40.4 Å². The summed E-state index contributed by atoms with van der Waals surface area (Å²) in [6, 6.07) is 20.8. The summed E-state index contributed by atoms with van der Waals surface area (Å²) in [6.45, 7) is 13.2. The average Bonchev–Trinajstić information content (AvgIpc) is 2.87. The number of nitrogens with zero attached hydrogens (tertiary/aromatic N) is 3.